The maximum atomic E-state index is 11.9. The van der Waals surface area contributed by atoms with Crippen LogP contribution in [0.25, 0.3) is 0 Å². The van der Waals surface area contributed by atoms with Gasteiger partial charge in [-0.25, -0.2) is 0 Å². The number of hydrogen-bond donors (Lipinski definition) is 1. The van der Waals surface area contributed by atoms with Crippen molar-refractivity contribution in [3.63, 3.8) is 0 Å². The SMILES string of the molecule is COc1ccc(NC(=O)COC(=O)Cc2c(Cl)cccc2Cl)c([N+](=O)[O-])c1. The first-order chi connectivity index (χ1) is 12.8. The van der Waals surface area contributed by atoms with Crippen molar-refractivity contribution in [3.05, 3.63) is 62.1 Å². The van der Waals surface area contributed by atoms with Crippen LogP contribution in [0, 0.1) is 10.1 Å². The molecule has 0 atom stereocenters. The molecule has 10 heteroatoms. The summed E-state index contributed by atoms with van der Waals surface area (Å²) < 4.78 is 9.78. The first-order valence-electron chi connectivity index (χ1n) is 7.52. The van der Waals surface area contributed by atoms with Crippen LogP contribution in [0.3, 0.4) is 0 Å². The lowest BCUT2D eigenvalue weighted by atomic mass is 10.1. The van der Waals surface area contributed by atoms with Gasteiger partial charge in [0, 0.05) is 15.6 Å². The van der Waals surface area contributed by atoms with Gasteiger partial charge in [-0.2, -0.15) is 0 Å². The topological polar surface area (TPSA) is 108 Å². The van der Waals surface area contributed by atoms with Crippen LogP contribution in [0.2, 0.25) is 10.0 Å². The van der Waals surface area contributed by atoms with E-state index < -0.39 is 23.4 Å². The fraction of sp³-hybridized carbons (Fsp3) is 0.176. The van der Waals surface area contributed by atoms with Gasteiger partial charge in [0.25, 0.3) is 11.6 Å². The zero-order valence-electron chi connectivity index (χ0n) is 14.0. The van der Waals surface area contributed by atoms with Gasteiger partial charge in [0.2, 0.25) is 0 Å². The van der Waals surface area contributed by atoms with Crippen LogP contribution in [0.1, 0.15) is 5.56 Å². The number of halogens is 2. The van der Waals surface area contributed by atoms with Crippen molar-refractivity contribution in [1.29, 1.82) is 0 Å². The van der Waals surface area contributed by atoms with E-state index >= 15 is 0 Å². The Bertz CT molecular complexity index is 867. The summed E-state index contributed by atoms with van der Waals surface area (Å²) in [5, 5.41) is 14.0. The fourth-order valence-corrected chi connectivity index (χ4v) is 2.66. The molecule has 0 radical (unpaired) electrons. The Morgan fingerprint density at radius 3 is 2.44 bits per heavy atom. The molecule has 2 aromatic carbocycles. The van der Waals surface area contributed by atoms with Crippen molar-refractivity contribution in [2.75, 3.05) is 19.0 Å². The van der Waals surface area contributed by atoms with Crippen LogP contribution < -0.4 is 10.1 Å². The third-order valence-electron chi connectivity index (χ3n) is 3.42. The average Bonchev–Trinajstić information content (AvgIpc) is 2.63. The smallest absolute Gasteiger partial charge is 0.310 e. The van der Waals surface area contributed by atoms with Crippen LogP contribution >= 0.6 is 23.2 Å². The number of esters is 1. The molecule has 0 aliphatic carbocycles. The Kier molecular flexibility index (Phi) is 6.98. The maximum absolute atomic E-state index is 11.9. The first-order valence-corrected chi connectivity index (χ1v) is 8.28. The molecule has 0 heterocycles. The molecule has 142 valence electrons. The number of carbonyl (C=O) groups is 2. The number of nitro groups is 1. The molecule has 1 N–H and O–H groups in total. The molecule has 0 bridgehead atoms. The summed E-state index contributed by atoms with van der Waals surface area (Å²) in [5.74, 6) is -1.19. The van der Waals surface area contributed by atoms with Crippen molar-refractivity contribution in [3.8, 4) is 5.75 Å². The lowest BCUT2D eigenvalue weighted by Crippen LogP contribution is -2.22. The maximum Gasteiger partial charge on any atom is 0.310 e. The second-order valence-corrected chi connectivity index (χ2v) is 6.04. The van der Waals surface area contributed by atoms with Gasteiger partial charge in [-0.1, -0.05) is 29.3 Å². The van der Waals surface area contributed by atoms with Crippen molar-refractivity contribution in [2.45, 2.75) is 6.42 Å². The third kappa shape index (κ3) is 5.57. The minimum atomic E-state index is -0.734. The molecular formula is C17H14Cl2N2O6. The van der Waals surface area contributed by atoms with Crippen molar-refractivity contribution < 1.29 is 24.0 Å². The van der Waals surface area contributed by atoms with Gasteiger partial charge in [-0.05, 0) is 24.3 Å². The van der Waals surface area contributed by atoms with Crippen LogP contribution in [0.5, 0.6) is 5.75 Å². The minimum Gasteiger partial charge on any atom is -0.496 e. The standard InChI is InChI=1S/C17H14Cl2N2O6/c1-26-10-5-6-14(15(7-10)21(24)25)20-16(22)9-27-17(23)8-11-12(18)3-2-4-13(11)19/h2-7H,8-9H2,1H3,(H,20,22). The molecular weight excluding hydrogens is 399 g/mol. The Morgan fingerprint density at radius 1 is 1.19 bits per heavy atom. The average molecular weight is 413 g/mol. The normalized spacial score (nSPS) is 10.2. The predicted octanol–water partition coefficient (Wildman–Crippen LogP) is 3.63. The number of methoxy groups -OCH3 is 1. The summed E-state index contributed by atoms with van der Waals surface area (Å²) in [6.45, 7) is -0.621. The number of benzene rings is 2. The zero-order chi connectivity index (χ0) is 20.0. The highest BCUT2D eigenvalue weighted by Crippen LogP contribution is 2.29. The molecule has 0 aliphatic rings. The van der Waals surface area contributed by atoms with Gasteiger partial charge in [-0.3, -0.25) is 19.7 Å². The highest BCUT2D eigenvalue weighted by atomic mass is 35.5. The molecule has 1 amide bonds. The second kappa shape index (κ2) is 9.20. The number of carbonyl (C=O) groups excluding carboxylic acids is 2. The Balaban J connectivity index is 1.96. The number of nitrogens with one attached hydrogen (secondary N) is 1. The molecule has 2 aromatic rings. The molecule has 0 aromatic heterocycles. The number of ether oxygens (including phenoxy) is 2. The predicted molar refractivity (Wildman–Crippen MR) is 99.4 cm³/mol. The van der Waals surface area contributed by atoms with Crippen molar-refractivity contribution in [1.82, 2.24) is 0 Å². The molecule has 0 fully saturated rings. The van der Waals surface area contributed by atoms with E-state index in [1.54, 1.807) is 18.2 Å². The van der Waals surface area contributed by atoms with Gasteiger partial charge in [-0.15, -0.1) is 0 Å². The Labute approximate surface area is 164 Å². The molecule has 0 saturated heterocycles. The van der Waals surface area contributed by atoms with Crippen LogP contribution in [-0.2, 0) is 20.7 Å². The Morgan fingerprint density at radius 2 is 1.85 bits per heavy atom. The Hall–Kier alpha value is -2.84. The van der Waals surface area contributed by atoms with Gasteiger partial charge in [0.05, 0.1) is 24.5 Å². The van der Waals surface area contributed by atoms with E-state index in [9.17, 15) is 19.7 Å². The second-order valence-electron chi connectivity index (χ2n) is 5.23. The number of nitro benzene ring substituents is 1. The van der Waals surface area contributed by atoms with E-state index in [-0.39, 0.29) is 23.5 Å². The van der Waals surface area contributed by atoms with Gasteiger partial charge in [0.15, 0.2) is 6.61 Å². The van der Waals surface area contributed by atoms with E-state index in [0.717, 1.165) is 0 Å². The fourth-order valence-electron chi connectivity index (χ4n) is 2.12. The van der Waals surface area contributed by atoms with Crippen molar-refractivity contribution in [2.24, 2.45) is 0 Å². The van der Waals surface area contributed by atoms with Gasteiger partial charge in [0.1, 0.15) is 11.4 Å². The highest BCUT2D eigenvalue weighted by Gasteiger charge is 2.18. The number of hydrogen-bond acceptors (Lipinski definition) is 6. The lowest BCUT2D eigenvalue weighted by molar-refractivity contribution is -0.384. The number of rotatable bonds is 7. The van der Waals surface area contributed by atoms with Crippen LogP contribution in [-0.4, -0.2) is 30.5 Å². The molecule has 0 unspecified atom stereocenters. The van der Waals surface area contributed by atoms with Crippen molar-refractivity contribution >= 4 is 46.5 Å². The third-order valence-corrected chi connectivity index (χ3v) is 4.13. The van der Waals surface area contributed by atoms with Crippen LogP contribution in [0.15, 0.2) is 36.4 Å². The molecule has 2 rings (SSSR count). The summed E-state index contributed by atoms with van der Waals surface area (Å²) in [6, 6.07) is 8.72. The molecule has 8 nitrogen and oxygen atoms in total. The summed E-state index contributed by atoms with van der Waals surface area (Å²) >= 11 is 11.9. The summed E-state index contributed by atoms with van der Waals surface area (Å²) in [7, 11) is 1.36. The van der Waals surface area contributed by atoms with E-state index in [1.165, 1.54) is 25.3 Å². The highest BCUT2D eigenvalue weighted by molar-refractivity contribution is 6.36. The quantitative estimate of drug-likeness (QED) is 0.422. The van der Waals surface area contributed by atoms with E-state index in [1.807, 2.05) is 0 Å². The van der Waals surface area contributed by atoms with E-state index in [0.29, 0.717) is 15.6 Å². The largest absolute Gasteiger partial charge is 0.496 e. The first kappa shape index (κ1) is 20.5. The molecule has 0 saturated carbocycles. The summed E-state index contributed by atoms with van der Waals surface area (Å²) in [5.41, 5.74) is -0.00935. The molecule has 0 aliphatic heterocycles. The lowest BCUT2D eigenvalue weighted by Gasteiger charge is -2.09. The van der Waals surface area contributed by atoms with Gasteiger partial charge < -0.3 is 14.8 Å². The summed E-state index contributed by atoms with van der Waals surface area (Å²) in [6.07, 6.45) is -0.214. The van der Waals surface area contributed by atoms with Gasteiger partial charge >= 0.3 is 5.97 Å². The van der Waals surface area contributed by atoms with Crippen LogP contribution in [0.4, 0.5) is 11.4 Å². The summed E-state index contributed by atoms with van der Waals surface area (Å²) in [4.78, 5) is 34.3. The zero-order valence-corrected chi connectivity index (χ0v) is 15.5. The monoisotopic (exact) mass is 412 g/mol. The number of anilines is 1. The molecule has 27 heavy (non-hydrogen) atoms. The van der Waals surface area contributed by atoms with E-state index in [2.05, 4.69) is 5.32 Å². The number of amides is 1. The number of nitrogens with zero attached hydrogens (tertiary/aromatic N) is 1. The van der Waals surface area contributed by atoms with E-state index in [4.69, 9.17) is 32.7 Å². The molecule has 0 spiro atoms. The minimum absolute atomic E-state index is 0.0454.